The number of nitrogens with zero attached hydrogens (tertiary/aromatic N) is 3. The first-order chi connectivity index (χ1) is 5.40. The first-order valence-electron chi connectivity index (χ1n) is 4.00. The maximum absolute atomic E-state index is 5.36. The van der Waals surface area contributed by atoms with Crippen molar-refractivity contribution in [1.82, 2.24) is 15.0 Å². The molecule has 1 aliphatic rings. The van der Waals surface area contributed by atoms with Gasteiger partial charge in [0.1, 0.15) is 0 Å². The van der Waals surface area contributed by atoms with Crippen molar-refractivity contribution in [3.63, 3.8) is 0 Å². The summed E-state index contributed by atoms with van der Waals surface area (Å²) >= 11 is 0. The van der Waals surface area contributed by atoms with Crippen LogP contribution in [0.3, 0.4) is 0 Å². The average Bonchev–Trinajstić information content (AvgIpc) is 2.75. The molecule has 0 unspecified atom stereocenters. The molecule has 2 rings (SSSR count). The van der Waals surface area contributed by atoms with Gasteiger partial charge in [-0.2, -0.15) is 15.0 Å². The lowest BCUT2D eigenvalue weighted by Gasteiger charge is -1.92. The lowest BCUT2D eigenvalue weighted by Crippen LogP contribution is -2.12. The molecule has 1 saturated carbocycles. The van der Waals surface area contributed by atoms with E-state index in [2.05, 4.69) is 10.2 Å². The molecule has 1 aliphatic carbocycles. The van der Waals surface area contributed by atoms with Crippen LogP contribution >= 0.6 is 12.4 Å². The topological polar surface area (TPSA) is 56.7 Å². The van der Waals surface area contributed by atoms with Crippen LogP contribution in [0.15, 0.2) is 6.20 Å². The van der Waals surface area contributed by atoms with Gasteiger partial charge in [-0.05, 0) is 12.8 Å². The summed E-state index contributed by atoms with van der Waals surface area (Å²) in [6.45, 7) is 1.34. The highest BCUT2D eigenvalue weighted by atomic mass is 35.5. The van der Waals surface area contributed by atoms with Gasteiger partial charge >= 0.3 is 0 Å². The Labute approximate surface area is 77.5 Å². The molecule has 0 bridgehead atoms. The first kappa shape index (κ1) is 9.48. The molecule has 1 aromatic rings. The number of hydrogen-bond donors (Lipinski definition) is 1. The summed E-state index contributed by atoms with van der Waals surface area (Å²) in [5, 5.41) is 8.38. The summed E-state index contributed by atoms with van der Waals surface area (Å²) in [5.74, 6) is 0.696. The minimum Gasteiger partial charge on any atom is -0.329 e. The molecule has 0 spiro atoms. The van der Waals surface area contributed by atoms with Crippen LogP contribution in [0.2, 0.25) is 0 Å². The molecule has 5 heteroatoms. The van der Waals surface area contributed by atoms with Crippen LogP contribution in [0.5, 0.6) is 0 Å². The molecule has 1 aromatic heterocycles. The highest BCUT2D eigenvalue weighted by molar-refractivity contribution is 5.85. The molecule has 2 N–H and O–H groups in total. The van der Waals surface area contributed by atoms with Crippen LogP contribution in [0.1, 0.15) is 24.5 Å². The van der Waals surface area contributed by atoms with E-state index in [9.17, 15) is 0 Å². The Morgan fingerprint density at radius 3 is 2.92 bits per heavy atom. The van der Waals surface area contributed by atoms with E-state index in [1.54, 1.807) is 4.80 Å². The molecule has 0 saturated heterocycles. The van der Waals surface area contributed by atoms with Gasteiger partial charge in [-0.15, -0.1) is 12.4 Å². The van der Waals surface area contributed by atoms with Crippen molar-refractivity contribution >= 4 is 12.4 Å². The molecule has 1 fully saturated rings. The van der Waals surface area contributed by atoms with Crippen molar-refractivity contribution in [3.8, 4) is 0 Å². The molecule has 68 valence electrons. The minimum atomic E-state index is 0. The third kappa shape index (κ3) is 1.95. The molecule has 0 aromatic carbocycles. The first-order valence-corrected chi connectivity index (χ1v) is 4.00. The van der Waals surface area contributed by atoms with Gasteiger partial charge in [0, 0.05) is 12.5 Å². The fourth-order valence-electron chi connectivity index (χ4n) is 1.10. The van der Waals surface area contributed by atoms with Crippen molar-refractivity contribution in [1.29, 1.82) is 0 Å². The van der Waals surface area contributed by atoms with Gasteiger partial charge in [-0.3, -0.25) is 0 Å². The average molecular weight is 189 g/mol. The van der Waals surface area contributed by atoms with Gasteiger partial charge < -0.3 is 5.73 Å². The van der Waals surface area contributed by atoms with Crippen molar-refractivity contribution in [3.05, 3.63) is 11.9 Å². The highest BCUT2D eigenvalue weighted by Crippen LogP contribution is 2.38. The van der Waals surface area contributed by atoms with E-state index >= 15 is 0 Å². The molecule has 0 radical (unpaired) electrons. The van der Waals surface area contributed by atoms with Gasteiger partial charge in [0.05, 0.1) is 18.4 Å². The van der Waals surface area contributed by atoms with Crippen molar-refractivity contribution in [2.75, 3.05) is 6.54 Å². The van der Waals surface area contributed by atoms with Crippen LogP contribution < -0.4 is 5.73 Å². The standard InChI is InChI=1S/C7H12N4.ClH/c8-3-4-11-9-5-7(10-11)6-1-2-6;/h5-6H,1-4,8H2;1H. The second kappa shape index (κ2) is 3.87. The third-order valence-corrected chi connectivity index (χ3v) is 1.88. The summed E-state index contributed by atoms with van der Waals surface area (Å²) in [7, 11) is 0. The Morgan fingerprint density at radius 1 is 1.58 bits per heavy atom. The quantitative estimate of drug-likeness (QED) is 0.753. The van der Waals surface area contributed by atoms with E-state index in [1.807, 2.05) is 6.20 Å². The monoisotopic (exact) mass is 188 g/mol. The Bertz CT molecular complexity index is 243. The fourth-order valence-corrected chi connectivity index (χ4v) is 1.10. The third-order valence-electron chi connectivity index (χ3n) is 1.88. The lowest BCUT2D eigenvalue weighted by atomic mass is 10.3. The second-order valence-corrected chi connectivity index (χ2v) is 2.93. The van der Waals surface area contributed by atoms with Crippen molar-refractivity contribution < 1.29 is 0 Å². The van der Waals surface area contributed by atoms with Crippen molar-refractivity contribution in [2.24, 2.45) is 5.73 Å². The molecule has 0 aliphatic heterocycles. The van der Waals surface area contributed by atoms with E-state index in [0.717, 1.165) is 12.2 Å². The van der Waals surface area contributed by atoms with Crippen molar-refractivity contribution in [2.45, 2.75) is 25.3 Å². The minimum absolute atomic E-state index is 0. The van der Waals surface area contributed by atoms with Crippen LogP contribution in [0.4, 0.5) is 0 Å². The van der Waals surface area contributed by atoms with Gasteiger partial charge in [0.15, 0.2) is 0 Å². The predicted octanol–water partition coefficient (Wildman–Crippen LogP) is 0.536. The Morgan fingerprint density at radius 2 is 2.33 bits per heavy atom. The molecule has 12 heavy (non-hydrogen) atoms. The highest BCUT2D eigenvalue weighted by Gasteiger charge is 2.26. The van der Waals surface area contributed by atoms with Gasteiger partial charge in [-0.25, -0.2) is 0 Å². The number of halogens is 1. The Hall–Kier alpha value is -0.610. The van der Waals surface area contributed by atoms with E-state index in [4.69, 9.17) is 5.73 Å². The SMILES string of the molecule is Cl.NCCn1ncc(C2CC2)n1. The van der Waals surface area contributed by atoms with Crippen LogP contribution in [0, 0.1) is 0 Å². The number of rotatable bonds is 3. The molecule has 0 amide bonds. The molecular formula is C7H13ClN4. The van der Waals surface area contributed by atoms with Gasteiger partial charge in [-0.1, -0.05) is 0 Å². The lowest BCUT2D eigenvalue weighted by molar-refractivity contribution is 0.541. The second-order valence-electron chi connectivity index (χ2n) is 2.93. The summed E-state index contributed by atoms with van der Waals surface area (Å²) in [5.41, 5.74) is 6.50. The van der Waals surface area contributed by atoms with Crippen LogP contribution in [-0.2, 0) is 6.54 Å². The summed E-state index contributed by atoms with van der Waals surface area (Å²) in [4.78, 5) is 1.67. The Kier molecular flexibility index (Phi) is 3.05. The smallest absolute Gasteiger partial charge is 0.0858 e. The maximum atomic E-state index is 5.36. The molecule has 4 nitrogen and oxygen atoms in total. The molecule has 0 atom stereocenters. The Balaban J connectivity index is 0.000000720. The normalized spacial score (nSPS) is 15.8. The number of hydrogen-bond acceptors (Lipinski definition) is 3. The summed E-state index contributed by atoms with van der Waals surface area (Å²) in [6, 6.07) is 0. The zero-order valence-corrected chi connectivity index (χ0v) is 7.63. The largest absolute Gasteiger partial charge is 0.329 e. The summed E-state index contributed by atoms with van der Waals surface area (Å²) < 4.78 is 0. The van der Waals surface area contributed by atoms with E-state index in [1.165, 1.54) is 12.8 Å². The summed E-state index contributed by atoms with van der Waals surface area (Å²) in [6.07, 6.45) is 4.41. The molecule has 1 heterocycles. The van der Waals surface area contributed by atoms with Crippen LogP contribution in [-0.4, -0.2) is 21.5 Å². The predicted molar refractivity (Wildman–Crippen MR) is 48.3 cm³/mol. The zero-order valence-electron chi connectivity index (χ0n) is 6.81. The van der Waals surface area contributed by atoms with E-state index in [0.29, 0.717) is 12.5 Å². The van der Waals surface area contributed by atoms with Gasteiger partial charge in [0.25, 0.3) is 0 Å². The van der Waals surface area contributed by atoms with E-state index in [-0.39, 0.29) is 12.4 Å². The number of nitrogens with two attached hydrogens (primary N) is 1. The van der Waals surface area contributed by atoms with Gasteiger partial charge in [0.2, 0.25) is 0 Å². The van der Waals surface area contributed by atoms with Crippen LogP contribution in [0.25, 0.3) is 0 Å². The maximum Gasteiger partial charge on any atom is 0.0858 e. The van der Waals surface area contributed by atoms with E-state index < -0.39 is 0 Å². The number of aromatic nitrogens is 3. The molecular weight excluding hydrogens is 176 g/mol. The zero-order chi connectivity index (χ0) is 7.68. The fraction of sp³-hybridized carbons (Fsp3) is 0.714.